The zero-order valence-electron chi connectivity index (χ0n) is 9.24. The summed E-state index contributed by atoms with van der Waals surface area (Å²) in [6.07, 6.45) is 2.56. The summed E-state index contributed by atoms with van der Waals surface area (Å²) in [4.78, 5) is 1.03. The highest BCUT2D eigenvalue weighted by Crippen LogP contribution is 2.35. The first kappa shape index (κ1) is 12.2. The van der Waals surface area contributed by atoms with E-state index in [-0.39, 0.29) is 6.61 Å². The maximum absolute atomic E-state index is 8.96. The molecule has 0 saturated heterocycles. The van der Waals surface area contributed by atoms with Crippen molar-refractivity contribution in [1.29, 1.82) is 0 Å². The van der Waals surface area contributed by atoms with Crippen LogP contribution in [0.4, 0.5) is 0 Å². The second kappa shape index (κ2) is 5.88. The highest BCUT2D eigenvalue weighted by Gasteiger charge is 2.10. The molecule has 1 N–H and O–H groups in total. The Kier molecular flexibility index (Phi) is 4.78. The second-order valence-electron chi connectivity index (χ2n) is 3.00. The molecule has 4 heteroatoms. The molecule has 0 bridgehead atoms. The molecule has 3 nitrogen and oxygen atoms in total. The first-order valence-corrected chi connectivity index (χ1v) is 5.89. The van der Waals surface area contributed by atoms with E-state index in [1.165, 1.54) is 0 Å². The van der Waals surface area contributed by atoms with Gasteiger partial charge in [0.05, 0.1) is 19.1 Å². The van der Waals surface area contributed by atoms with E-state index in [1.54, 1.807) is 26.0 Å². The molecule has 0 fully saturated rings. The van der Waals surface area contributed by atoms with Crippen molar-refractivity contribution in [2.45, 2.75) is 11.3 Å². The van der Waals surface area contributed by atoms with E-state index in [0.717, 1.165) is 22.0 Å². The molecule has 0 aliphatic carbocycles. The van der Waals surface area contributed by atoms with Crippen LogP contribution in [-0.2, 0) is 6.42 Å². The van der Waals surface area contributed by atoms with Gasteiger partial charge in [0, 0.05) is 12.2 Å². The van der Waals surface area contributed by atoms with Crippen molar-refractivity contribution in [3.05, 3.63) is 17.7 Å². The number of thioether (sulfide) groups is 1. The van der Waals surface area contributed by atoms with Crippen LogP contribution in [0.15, 0.2) is 17.0 Å². The Hall–Kier alpha value is -0.870. The van der Waals surface area contributed by atoms with Gasteiger partial charge in [-0.1, -0.05) is 0 Å². The smallest absolute Gasteiger partial charge is 0.135 e. The third-order valence-corrected chi connectivity index (χ3v) is 2.89. The maximum atomic E-state index is 8.96. The fraction of sp³-hybridized carbons (Fsp3) is 0.455. The van der Waals surface area contributed by atoms with Crippen molar-refractivity contribution in [3.8, 4) is 11.5 Å². The standard InChI is InChI=1S/C11H16O3S/c1-13-9-6-8(4-5-12)11(14-2)10(7-9)15-3/h6-7,12H,4-5H2,1-3H3. The molecule has 0 radical (unpaired) electrons. The van der Waals surface area contributed by atoms with E-state index in [9.17, 15) is 0 Å². The number of rotatable bonds is 5. The first-order chi connectivity index (χ1) is 7.26. The van der Waals surface area contributed by atoms with Crippen LogP contribution >= 0.6 is 11.8 Å². The molecule has 1 rings (SSSR count). The number of aliphatic hydroxyl groups is 1. The lowest BCUT2D eigenvalue weighted by Gasteiger charge is -2.13. The van der Waals surface area contributed by atoms with Crippen molar-refractivity contribution < 1.29 is 14.6 Å². The zero-order chi connectivity index (χ0) is 11.3. The van der Waals surface area contributed by atoms with Crippen LogP contribution < -0.4 is 9.47 Å². The minimum Gasteiger partial charge on any atom is -0.497 e. The van der Waals surface area contributed by atoms with E-state index >= 15 is 0 Å². The van der Waals surface area contributed by atoms with E-state index in [1.807, 2.05) is 18.4 Å². The van der Waals surface area contributed by atoms with Gasteiger partial charge in [-0.15, -0.1) is 11.8 Å². The summed E-state index contributed by atoms with van der Waals surface area (Å²) in [5.74, 6) is 1.63. The third-order valence-electron chi connectivity index (χ3n) is 2.15. The Bertz CT molecular complexity index is 326. The van der Waals surface area contributed by atoms with Gasteiger partial charge in [-0.3, -0.25) is 0 Å². The molecular weight excluding hydrogens is 212 g/mol. The second-order valence-corrected chi connectivity index (χ2v) is 3.84. The SMILES string of the molecule is COc1cc(CCO)c(OC)c(SC)c1. The van der Waals surface area contributed by atoms with Crippen LogP contribution in [0.3, 0.4) is 0 Å². The molecular formula is C11H16O3S. The average molecular weight is 228 g/mol. The van der Waals surface area contributed by atoms with Gasteiger partial charge in [0.2, 0.25) is 0 Å². The lowest BCUT2D eigenvalue weighted by Crippen LogP contribution is -1.98. The molecule has 0 atom stereocenters. The molecule has 0 aromatic heterocycles. The summed E-state index contributed by atoms with van der Waals surface area (Å²) in [7, 11) is 3.27. The van der Waals surface area contributed by atoms with Crippen LogP contribution in [-0.4, -0.2) is 32.2 Å². The van der Waals surface area contributed by atoms with Gasteiger partial charge >= 0.3 is 0 Å². The van der Waals surface area contributed by atoms with E-state index < -0.39 is 0 Å². The Balaban J connectivity index is 3.19. The molecule has 0 spiro atoms. The molecule has 84 valence electrons. The van der Waals surface area contributed by atoms with Crippen LogP contribution in [0.25, 0.3) is 0 Å². The summed E-state index contributed by atoms with van der Waals surface area (Å²) in [6.45, 7) is 0.108. The van der Waals surface area contributed by atoms with E-state index in [2.05, 4.69) is 0 Å². The molecule has 0 heterocycles. The fourth-order valence-electron chi connectivity index (χ4n) is 1.44. The quantitative estimate of drug-likeness (QED) is 0.782. The van der Waals surface area contributed by atoms with Crippen LogP contribution in [0.5, 0.6) is 11.5 Å². The van der Waals surface area contributed by atoms with Gasteiger partial charge in [-0.05, 0) is 24.8 Å². The van der Waals surface area contributed by atoms with E-state index in [0.29, 0.717) is 6.42 Å². The van der Waals surface area contributed by atoms with Crippen molar-refractivity contribution in [2.75, 3.05) is 27.1 Å². The highest BCUT2D eigenvalue weighted by molar-refractivity contribution is 7.98. The zero-order valence-corrected chi connectivity index (χ0v) is 10.1. The van der Waals surface area contributed by atoms with Gasteiger partial charge < -0.3 is 14.6 Å². The lowest BCUT2D eigenvalue weighted by molar-refractivity contribution is 0.295. The highest BCUT2D eigenvalue weighted by atomic mass is 32.2. The minimum atomic E-state index is 0.108. The number of hydrogen-bond acceptors (Lipinski definition) is 4. The predicted octanol–water partition coefficient (Wildman–Crippen LogP) is 1.96. The van der Waals surface area contributed by atoms with Crippen molar-refractivity contribution in [2.24, 2.45) is 0 Å². The molecule has 1 aromatic rings. The molecule has 0 aliphatic rings. The Morgan fingerprint density at radius 1 is 1.27 bits per heavy atom. The van der Waals surface area contributed by atoms with Crippen molar-refractivity contribution in [1.82, 2.24) is 0 Å². The maximum Gasteiger partial charge on any atom is 0.135 e. The Labute approximate surface area is 94.4 Å². The summed E-state index contributed by atoms with van der Waals surface area (Å²) >= 11 is 1.60. The summed E-state index contributed by atoms with van der Waals surface area (Å²) < 4.78 is 10.5. The predicted molar refractivity (Wildman–Crippen MR) is 62.1 cm³/mol. The third kappa shape index (κ3) is 2.79. The van der Waals surface area contributed by atoms with Crippen LogP contribution in [0, 0.1) is 0 Å². The average Bonchev–Trinajstić information content (AvgIpc) is 2.28. The minimum absolute atomic E-state index is 0.108. The molecule has 15 heavy (non-hydrogen) atoms. The lowest BCUT2D eigenvalue weighted by atomic mass is 10.1. The Morgan fingerprint density at radius 3 is 2.47 bits per heavy atom. The van der Waals surface area contributed by atoms with E-state index in [4.69, 9.17) is 14.6 Å². The molecule has 0 aliphatic heterocycles. The normalized spacial score (nSPS) is 10.1. The monoisotopic (exact) mass is 228 g/mol. The topological polar surface area (TPSA) is 38.7 Å². The van der Waals surface area contributed by atoms with Crippen molar-refractivity contribution >= 4 is 11.8 Å². The molecule has 0 unspecified atom stereocenters. The number of aliphatic hydroxyl groups excluding tert-OH is 1. The summed E-state index contributed by atoms with van der Waals surface area (Å²) in [6, 6.07) is 3.83. The number of hydrogen-bond donors (Lipinski definition) is 1. The number of ether oxygens (including phenoxy) is 2. The first-order valence-electron chi connectivity index (χ1n) is 4.66. The summed E-state index contributed by atoms with van der Waals surface area (Å²) in [5.41, 5.74) is 0.976. The van der Waals surface area contributed by atoms with Gasteiger partial charge in [0.25, 0.3) is 0 Å². The van der Waals surface area contributed by atoms with Crippen LogP contribution in [0.1, 0.15) is 5.56 Å². The molecule has 0 amide bonds. The number of methoxy groups -OCH3 is 2. The van der Waals surface area contributed by atoms with Gasteiger partial charge in [-0.2, -0.15) is 0 Å². The Morgan fingerprint density at radius 2 is 2.00 bits per heavy atom. The van der Waals surface area contributed by atoms with Crippen molar-refractivity contribution in [3.63, 3.8) is 0 Å². The van der Waals surface area contributed by atoms with Gasteiger partial charge in [0.15, 0.2) is 0 Å². The van der Waals surface area contributed by atoms with Gasteiger partial charge in [-0.25, -0.2) is 0 Å². The molecule has 0 saturated carbocycles. The van der Waals surface area contributed by atoms with Crippen LogP contribution in [0.2, 0.25) is 0 Å². The number of benzene rings is 1. The largest absolute Gasteiger partial charge is 0.497 e. The molecule has 1 aromatic carbocycles. The van der Waals surface area contributed by atoms with Gasteiger partial charge in [0.1, 0.15) is 11.5 Å². The fourth-order valence-corrected chi connectivity index (χ4v) is 2.07. The summed E-state index contributed by atoms with van der Waals surface area (Å²) in [5, 5.41) is 8.96.